The van der Waals surface area contributed by atoms with Gasteiger partial charge in [0.25, 0.3) is 0 Å². The maximum absolute atomic E-state index is 15.3. The minimum absolute atomic E-state index is 0.302. The molecule has 2 aliphatic carbocycles. The standard InChI is InChI=1S/C40H29NO4/c1-24-16-20-26(21-17-24)33-39(35(42)29-12-6-7-13-30(29)36(39)43)34(27-22-18-25(2)19-23-27)41(28-10-4-3-5-11-28)40(33)37(44)31-14-8-9-15-32(31)38(40)45/h3-23,33-34H,1-2H3. The molecule has 0 aromatic heterocycles. The molecule has 3 aliphatic rings. The van der Waals surface area contributed by atoms with Gasteiger partial charge in [-0.3, -0.25) is 19.2 Å². The van der Waals surface area contributed by atoms with Crippen LogP contribution in [-0.2, 0) is 0 Å². The predicted molar refractivity (Wildman–Crippen MR) is 172 cm³/mol. The van der Waals surface area contributed by atoms with Crippen LogP contribution in [0.3, 0.4) is 0 Å². The molecule has 0 saturated carbocycles. The summed E-state index contributed by atoms with van der Waals surface area (Å²) in [6.45, 7) is 3.93. The van der Waals surface area contributed by atoms with Gasteiger partial charge in [-0.1, -0.05) is 126 Å². The van der Waals surface area contributed by atoms with Gasteiger partial charge in [-0.25, -0.2) is 0 Å². The highest BCUT2D eigenvalue weighted by Gasteiger charge is 2.80. The van der Waals surface area contributed by atoms with E-state index in [1.165, 1.54) is 0 Å². The highest BCUT2D eigenvalue weighted by atomic mass is 16.2. The molecule has 45 heavy (non-hydrogen) atoms. The van der Waals surface area contributed by atoms with Gasteiger partial charge in [-0.15, -0.1) is 0 Å². The summed E-state index contributed by atoms with van der Waals surface area (Å²) in [6.07, 6.45) is 0. The maximum Gasteiger partial charge on any atom is 0.197 e. The van der Waals surface area contributed by atoms with Crippen molar-refractivity contribution in [2.45, 2.75) is 31.3 Å². The molecule has 5 aromatic rings. The van der Waals surface area contributed by atoms with Crippen LogP contribution in [0.4, 0.5) is 5.69 Å². The average molecular weight is 588 g/mol. The van der Waals surface area contributed by atoms with Crippen molar-refractivity contribution in [2.75, 3.05) is 4.90 Å². The van der Waals surface area contributed by atoms with E-state index < -0.39 is 34.5 Å². The monoisotopic (exact) mass is 587 g/mol. The molecule has 1 saturated heterocycles. The Bertz CT molecular complexity index is 1990. The van der Waals surface area contributed by atoms with Gasteiger partial charge < -0.3 is 4.90 Å². The third kappa shape index (κ3) is 3.33. The molecule has 0 radical (unpaired) electrons. The number of fused-ring (bicyclic) bond motifs is 2. The summed E-state index contributed by atoms with van der Waals surface area (Å²) in [5, 5.41) is 0. The van der Waals surface area contributed by atoms with Gasteiger partial charge in [0.2, 0.25) is 0 Å². The summed E-state index contributed by atoms with van der Waals surface area (Å²) in [5.74, 6) is -2.66. The van der Waals surface area contributed by atoms with Crippen molar-refractivity contribution in [2.24, 2.45) is 5.41 Å². The van der Waals surface area contributed by atoms with E-state index >= 15 is 19.2 Å². The molecule has 218 valence electrons. The molecule has 1 fully saturated rings. The lowest BCUT2D eigenvalue weighted by molar-refractivity contribution is 0.0620. The fraction of sp³-hybridized carbons (Fsp3) is 0.150. The Hall–Kier alpha value is -5.42. The molecule has 2 atom stereocenters. The molecule has 0 amide bonds. The molecule has 5 aromatic carbocycles. The lowest BCUT2D eigenvalue weighted by Gasteiger charge is -2.40. The van der Waals surface area contributed by atoms with E-state index in [2.05, 4.69) is 0 Å². The molecular formula is C40H29NO4. The van der Waals surface area contributed by atoms with Crippen molar-refractivity contribution < 1.29 is 19.2 Å². The number of hydrogen-bond donors (Lipinski definition) is 0. The molecule has 5 heteroatoms. The number of ketones is 4. The number of aryl methyl sites for hydroxylation is 2. The van der Waals surface area contributed by atoms with Crippen LogP contribution in [0.2, 0.25) is 0 Å². The lowest BCUT2D eigenvalue weighted by atomic mass is 9.59. The van der Waals surface area contributed by atoms with E-state index in [0.29, 0.717) is 39.1 Å². The van der Waals surface area contributed by atoms with Crippen LogP contribution in [0.25, 0.3) is 0 Å². The Morgan fingerprint density at radius 1 is 0.467 bits per heavy atom. The van der Waals surface area contributed by atoms with E-state index in [1.807, 2.05) is 97.6 Å². The molecule has 5 nitrogen and oxygen atoms in total. The van der Waals surface area contributed by atoms with Crippen molar-refractivity contribution in [1.82, 2.24) is 0 Å². The molecule has 2 spiro atoms. The lowest BCUT2D eigenvalue weighted by Crippen LogP contribution is -2.57. The van der Waals surface area contributed by atoms with Crippen molar-refractivity contribution in [1.29, 1.82) is 0 Å². The van der Waals surface area contributed by atoms with Gasteiger partial charge in [-0.05, 0) is 37.1 Å². The van der Waals surface area contributed by atoms with E-state index in [1.54, 1.807) is 48.5 Å². The number of anilines is 1. The third-order valence-electron chi connectivity index (χ3n) is 10.1. The molecular weight excluding hydrogens is 558 g/mol. The Labute approximate surface area is 261 Å². The zero-order chi connectivity index (χ0) is 31.1. The Morgan fingerprint density at radius 3 is 1.33 bits per heavy atom. The minimum atomic E-state index is -1.91. The summed E-state index contributed by atoms with van der Waals surface area (Å²) >= 11 is 0. The van der Waals surface area contributed by atoms with E-state index in [4.69, 9.17) is 0 Å². The van der Waals surface area contributed by atoms with Crippen molar-refractivity contribution >= 4 is 28.8 Å². The van der Waals surface area contributed by atoms with Crippen LogP contribution in [0.5, 0.6) is 0 Å². The largest absolute Gasteiger partial charge is 0.343 e. The molecule has 0 bridgehead atoms. The van der Waals surface area contributed by atoms with Crippen LogP contribution in [0.15, 0.2) is 127 Å². The van der Waals surface area contributed by atoms with Crippen molar-refractivity contribution in [3.8, 4) is 0 Å². The normalized spacial score (nSPS) is 20.7. The summed E-state index contributed by atoms with van der Waals surface area (Å²) in [7, 11) is 0. The summed E-state index contributed by atoms with van der Waals surface area (Å²) < 4.78 is 0. The van der Waals surface area contributed by atoms with Crippen LogP contribution in [0.1, 0.15) is 75.6 Å². The molecule has 1 heterocycles. The second kappa shape index (κ2) is 9.54. The van der Waals surface area contributed by atoms with Gasteiger partial charge >= 0.3 is 0 Å². The average Bonchev–Trinajstić information content (AvgIpc) is 3.57. The third-order valence-corrected chi connectivity index (χ3v) is 10.1. The van der Waals surface area contributed by atoms with Crippen LogP contribution in [0, 0.1) is 19.3 Å². The van der Waals surface area contributed by atoms with Gasteiger partial charge in [0.05, 0.1) is 6.04 Å². The second-order valence-corrected chi connectivity index (χ2v) is 12.4. The fourth-order valence-electron chi connectivity index (χ4n) is 8.21. The van der Waals surface area contributed by atoms with Gasteiger partial charge in [-0.2, -0.15) is 0 Å². The molecule has 8 rings (SSSR count). The van der Waals surface area contributed by atoms with Gasteiger partial charge in [0.15, 0.2) is 28.7 Å². The fourth-order valence-corrected chi connectivity index (χ4v) is 8.21. The first-order valence-electron chi connectivity index (χ1n) is 15.2. The first kappa shape index (κ1) is 27.2. The second-order valence-electron chi connectivity index (χ2n) is 12.4. The Kier molecular flexibility index (Phi) is 5.76. The van der Waals surface area contributed by atoms with Crippen molar-refractivity contribution in [3.63, 3.8) is 0 Å². The van der Waals surface area contributed by atoms with Crippen molar-refractivity contribution in [3.05, 3.63) is 172 Å². The first-order valence-corrected chi connectivity index (χ1v) is 15.2. The molecule has 1 aliphatic heterocycles. The number of para-hydroxylation sites is 1. The summed E-state index contributed by atoms with van der Waals surface area (Å²) in [6, 6.07) is 37.4. The van der Waals surface area contributed by atoms with Gasteiger partial charge in [0, 0.05) is 33.9 Å². The molecule has 2 unspecified atom stereocenters. The van der Waals surface area contributed by atoms with E-state index in [-0.39, 0.29) is 11.6 Å². The van der Waals surface area contributed by atoms with Gasteiger partial charge in [0.1, 0.15) is 5.41 Å². The minimum Gasteiger partial charge on any atom is -0.343 e. The van der Waals surface area contributed by atoms with E-state index in [9.17, 15) is 0 Å². The highest BCUT2D eigenvalue weighted by Crippen LogP contribution is 2.69. The van der Waals surface area contributed by atoms with Crippen LogP contribution < -0.4 is 4.90 Å². The summed E-state index contributed by atoms with van der Waals surface area (Å²) in [5.41, 5.74) is 1.36. The quantitative estimate of drug-likeness (QED) is 0.204. The number of rotatable bonds is 3. The molecule has 0 N–H and O–H groups in total. The number of hydrogen-bond acceptors (Lipinski definition) is 5. The van der Waals surface area contributed by atoms with E-state index in [0.717, 1.165) is 11.1 Å². The number of carbonyl (C=O) groups is 4. The highest BCUT2D eigenvalue weighted by molar-refractivity contribution is 6.39. The topological polar surface area (TPSA) is 71.5 Å². The Balaban J connectivity index is 1.58. The number of carbonyl (C=O) groups excluding carboxylic acids is 4. The Morgan fingerprint density at radius 2 is 0.867 bits per heavy atom. The number of nitrogens with zero attached hydrogens (tertiary/aromatic N) is 1. The number of Topliss-reactive ketones (excluding diaryl/α,β-unsaturated/α-hetero) is 4. The van der Waals surface area contributed by atoms with Crippen LogP contribution >= 0.6 is 0 Å². The van der Waals surface area contributed by atoms with Crippen LogP contribution in [-0.4, -0.2) is 28.7 Å². The first-order chi connectivity index (χ1) is 21.8. The SMILES string of the molecule is Cc1ccc(C2N(c3ccccc3)C3(C(=O)c4ccccc4C3=O)C(c3ccc(C)cc3)C23C(=O)c2ccccc2C3=O)cc1. The maximum atomic E-state index is 15.3. The smallest absolute Gasteiger partial charge is 0.197 e. The number of benzene rings is 5. The summed E-state index contributed by atoms with van der Waals surface area (Å²) in [4.78, 5) is 62.8. The zero-order valence-corrected chi connectivity index (χ0v) is 24.9. The zero-order valence-electron chi connectivity index (χ0n) is 24.9. The predicted octanol–water partition coefficient (Wildman–Crippen LogP) is 7.53.